The third-order valence-corrected chi connectivity index (χ3v) is 4.41. The maximum absolute atomic E-state index is 12.7. The number of unbranched alkanes of at least 4 members (excludes halogenated alkanes) is 1. The zero-order valence-electron chi connectivity index (χ0n) is 13.9. The van der Waals surface area contributed by atoms with Gasteiger partial charge in [0.2, 0.25) is 5.91 Å². The van der Waals surface area contributed by atoms with Gasteiger partial charge in [0.25, 0.3) is 0 Å². The number of hydrogen-bond acceptors (Lipinski definition) is 3. The zero-order chi connectivity index (χ0) is 17.2. The molecule has 0 saturated heterocycles. The maximum Gasteiger partial charge on any atom is 0.303 e. The minimum Gasteiger partial charge on any atom is -0.481 e. The lowest BCUT2D eigenvalue weighted by molar-refractivity contribution is -0.137. The predicted octanol–water partition coefficient (Wildman–Crippen LogP) is 3.16. The van der Waals surface area contributed by atoms with Gasteiger partial charge in [0.1, 0.15) is 0 Å². The van der Waals surface area contributed by atoms with E-state index in [-0.39, 0.29) is 18.1 Å². The fourth-order valence-electron chi connectivity index (χ4n) is 2.98. The second-order valence-electron chi connectivity index (χ2n) is 6.44. The summed E-state index contributed by atoms with van der Waals surface area (Å²) in [5, 5.41) is 8.69. The molecule has 1 aromatic carbocycles. The number of amides is 1. The van der Waals surface area contributed by atoms with Crippen LogP contribution in [0.15, 0.2) is 18.2 Å². The third-order valence-electron chi connectivity index (χ3n) is 4.41. The van der Waals surface area contributed by atoms with Gasteiger partial charge >= 0.3 is 5.97 Å². The molecule has 2 rings (SSSR count). The Morgan fingerprint density at radius 3 is 2.52 bits per heavy atom. The number of carboxylic acid groups (broad SMARTS) is 1. The molecule has 1 heterocycles. The molecule has 1 amide bonds. The average molecular weight is 317 g/mol. The summed E-state index contributed by atoms with van der Waals surface area (Å²) in [6.07, 6.45) is 1.73. The fourth-order valence-corrected chi connectivity index (χ4v) is 2.98. The number of ketones is 1. The lowest BCUT2D eigenvalue weighted by Gasteiger charge is -2.20. The Bertz CT molecular complexity index is 648. The molecule has 0 spiro atoms. The molecule has 0 unspecified atom stereocenters. The van der Waals surface area contributed by atoms with Crippen LogP contribution in [0.25, 0.3) is 0 Å². The summed E-state index contributed by atoms with van der Waals surface area (Å²) < 4.78 is 0. The predicted molar refractivity (Wildman–Crippen MR) is 87.9 cm³/mol. The fraction of sp³-hybridized carbons (Fsp3) is 0.500. The monoisotopic (exact) mass is 317 g/mol. The first-order chi connectivity index (χ1) is 10.8. The Labute approximate surface area is 136 Å². The van der Waals surface area contributed by atoms with Gasteiger partial charge in [-0.1, -0.05) is 6.92 Å². The first kappa shape index (κ1) is 17.2. The second-order valence-corrected chi connectivity index (χ2v) is 6.44. The highest BCUT2D eigenvalue weighted by atomic mass is 16.4. The Morgan fingerprint density at radius 2 is 1.91 bits per heavy atom. The minimum atomic E-state index is -0.818. The lowest BCUT2D eigenvalue weighted by Crippen LogP contribution is -2.36. The molecule has 5 heteroatoms. The molecule has 1 N–H and O–H groups in total. The Hall–Kier alpha value is -2.17. The largest absolute Gasteiger partial charge is 0.481 e. The van der Waals surface area contributed by atoms with Crippen molar-refractivity contribution in [2.24, 2.45) is 0 Å². The van der Waals surface area contributed by atoms with E-state index in [0.717, 1.165) is 11.3 Å². The van der Waals surface area contributed by atoms with Crippen LogP contribution in [0.4, 0.5) is 5.69 Å². The SMILES string of the molecule is CCC(=O)c1ccc2c(c1)C(C)(C)C(=O)N2CCCCC(=O)O. The molecule has 23 heavy (non-hydrogen) atoms. The highest BCUT2D eigenvalue weighted by Gasteiger charge is 2.43. The summed E-state index contributed by atoms with van der Waals surface area (Å²) in [6, 6.07) is 5.43. The van der Waals surface area contributed by atoms with Gasteiger partial charge in [-0.25, -0.2) is 0 Å². The standard InChI is InChI=1S/C18H23NO4/c1-4-15(20)12-8-9-14-13(11-12)18(2,3)17(23)19(14)10-6-5-7-16(21)22/h8-9,11H,4-7,10H2,1-3H3,(H,21,22). The van der Waals surface area contributed by atoms with Crippen LogP contribution >= 0.6 is 0 Å². The van der Waals surface area contributed by atoms with Crippen molar-refractivity contribution in [2.45, 2.75) is 51.9 Å². The highest BCUT2D eigenvalue weighted by molar-refractivity contribution is 6.08. The Balaban J connectivity index is 2.24. The van der Waals surface area contributed by atoms with Gasteiger partial charge in [0.15, 0.2) is 5.78 Å². The number of carbonyl (C=O) groups excluding carboxylic acids is 2. The minimum absolute atomic E-state index is 0.00363. The van der Waals surface area contributed by atoms with Gasteiger partial charge in [-0.05, 0) is 50.5 Å². The molecule has 1 aliphatic heterocycles. The van der Waals surface area contributed by atoms with E-state index in [0.29, 0.717) is 31.4 Å². The van der Waals surface area contributed by atoms with Crippen molar-refractivity contribution < 1.29 is 19.5 Å². The molecular formula is C18H23NO4. The summed E-state index contributed by atoms with van der Waals surface area (Å²) in [5.74, 6) is -0.749. The second kappa shape index (κ2) is 6.52. The molecule has 5 nitrogen and oxygen atoms in total. The molecule has 0 bridgehead atoms. The van der Waals surface area contributed by atoms with Gasteiger partial charge in [0.05, 0.1) is 5.41 Å². The molecule has 0 aliphatic carbocycles. The molecule has 0 atom stereocenters. The van der Waals surface area contributed by atoms with Crippen LogP contribution in [-0.4, -0.2) is 29.3 Å². The Morgan fingerprint density at radius 1 is 1.22 bits per heavy atom. The first-order valence-corrected chi connectivity index (χ1v) is 8.00. The molecule has 124 valence electrons. The number of fused-ring (bicyclic) bond motifs is 1. The van der Waals surface area contributed by atoms with Gasteiger partial charge in [-0.2, -0.15) is 0 Å². The van der Waals surface area contributed by atoms with Gasteiger partial charge < -0.3 is 10.0 Å². The quantitative estimate of drug-likeness (QED) is 0.619. The van der Waals surface area contributed by atoms with Crippen LogP contribution in [0, 0.1) is 0 Å². The number of anilines is 1. The van der Waals surface area contributed by atoms with Crippen molar-refractivity contribution in [2.75, 3.05) is 11.4 Å². The molecule has 1 aliphatic rings. The lowest BCUT2D eigenvalue weighted by atomic mass is 9.85. The zero-order valence-corrected chi connectivity index (χ0v) is 13.9. The van der Waals surface area contributed by atoms with E-state index in [9.17, 15) is 14.4 Å². The van der Waals surface area contributed by atoms with Crippen molar-refractivity contribution in [3.8, 4) is 0 Å². The summed E-state index contributed by atoms with van der Waals surface area (Å²) in [6.45, 7) is 6.06. The van der Waals surface area contributed by atoms with Crippen LogP contribution in [-0.2, 0) is 15.0 Å². The smallest absolute Gasteiger partial charge is 0.303 e. The number of aliphatic carboxylic acids is 1. The van der Waals surface area contributed by atoms with E-state index in [4.69, 9.17) is 5.11 Å². The van der Waals surface area contributed by atoms with E-state index in [1.165, 1.54) is 0 Å². The molecule has 0 fully saturated rings. The number of rotatable bonds is 7. The van der Waals surface area contributed by atoms with Crippen LogP contribution in [0.2, 0.25) is 0 Å². The summed E-state index contributed by atoms with van der Waals surface area (Å²) in [7, 11) is 0. The van der Waals surface area contributed by atoms with Crippen LogP contribution in [0.1, 0.15) is 62.4 Å². The molecule has 0 saturated carbocycles. The van der Waals surface area contributed by atoms with Crippen LogP contribution in [0.3, 0.4) is 0 Å². The van der Waals surface area contributed by atoms with E-state index in [1.54, 1.807) is 11.0 Å². The first-order valence-electron chi connectivity index (χ1n) is 8.00. The number of nitrogens with zero attached hydrogens (tertiary/aromatic N) is 1. The molecule has 0 radical (unpaired) electrons. The van der Waals surface area contributed by atoms with E-state index in [1.807, 2.05) is 32.9 Å². The number of carbonyl (C=O) groups is 3. The van der Waals surface area contributed by atoms with Gasteiger partial charge in [-0.15, -0.1) is 0 Å². The summed E-state index contributed by atoms with van der Waals surface area (Å²) >= 11 is 0. The normalized spacial score (nSPS) is 15.6. The third kappa shape index (κ3) is 3.28. The van der Waals surface area contributed by atoms with Crippen molar-refractivity contribution in [1.29, 1.82) is 0 Å². The van der Waals surface area contributed by atoms with Crippen molar-refractivity contribution >= 4 is 23.3 Å². The Kier molecular flexibility index (Phi) is 4.88. The molecule has 0 aromatic heterocycles. The van der Waals surface area contributed by atoms with Crippen LogP contribution in [0.5, 0.6) is 0 Å². The number of benzene rings is 1. The van der Waals surface area contributed by atoms with E-state index < -0.39 is 11.4 Å². The van der Waals surface area contributed by atoms with Gasteiger partial charge in [-0.3, -0.25) is 14.4 Å². The van der Waals surface area contributed by atoms with Crippen molar-refractivity contribution in [3.63, 3.8) is 0 Å². The molecule has 1 aromatic rings. The van der Waals surface area contributed by atoms with Crippen molar-refractivity contribution in [1.82, 2.24) is 0 Å². The number of carboxylic acids is 1. The highest BCUT2D eigenvalue weighted by Crippen LogP contribution is 2.42. The summed E-state index contributed by atoms with van der Waals surface area (Å²) in [4.78, 5) is 36.9. The summed E-state index contributed by atoms with van der Waals surface area (Å²) in [5.41, 5.74) is 1.69. The van der Waals surface area contributed by atoms with E-state index >= 15 is 0 Å². The molecular weight excluding hydrogens is 294 g/mol. The van der Waals surface area contributed by atoms with Crippen LogP contribution < -0.4 is 4.90 Å². The topological polar surface area (TPSA) is 74.7 Å². The average Bonchev–Trinajstić information content (AvgIpc) is 2.70. The maximum atomic E-state index is 12.7. The number of Topliss-reactive ketones (excluding diaryl/α,β-unsaturated/α-hetero) is 1. The van der Waals surface area contributed by atoms with E-state index in [2.05, 4.69) is 0 Å². The number of hydrogen-bond donors (Lipinski definition) is 1. The van der Waals surface area contributed by atoms with Gasteiger partial charge in [0, 0.05) is 30.6 Å². The van der Waals surface area contributed by atoms with Crippen molar-refractivity contribution in [3.05, 3.63) is 29.3 Å².